The van der Waals surface area contributed by atoms with Crippen molar-refractivity contribution in [3.05, 3.63) is 71.3 Å². The predicted molar refractivity (Wildman–Crippen MR) is 130 cm³/mol. The third kappa shape index (κ3) is 4.52. The summed E-state index contributed by atoms with van der Waals surface area (Å²) in [7, 11) is -6.11. The Morgan fingerprint density at radius 1 is 1.00 bits per heavy atom. The van der Waals surface area contributed by atoms with Gasteiger partial charge < -0.3 is 9.47 Å². The normalized spacial score (nSPS) is 12.1. The van der Waals surface area contributed by atoms with E-state index < -0.39 is 31.0 Å². The fourth-order valence-electron chi connectivity index (χ4n) is 3.73. The molecule has 2 aromatic heterocycles. The minimum atomic E-state index is -4.51. The molecule has 190 valence electrons. The molecule has 0 aliphatic heterocycles. The molecule has 0 radical (unpaired) electrons. The maximum Gasteiger partial charge on any atom is 0.275 e. The molecule has 2 aromatic carbocycles. The van der Waals surface area contributed by atoms with Crippen molar-refractivity contribution in [3.8, 4) is 11.5 Å². The van der Waals surface area contributed by atoms with Crippen LogP contribution < -0.4 is 14.2 Å². The quantitative estimate of drug-likeness (QED) is 0.365. The number of ether oxygens (including phenoxy) is 2. The largest absolute Gasteiger partial charge is 0.497 e. The number of pyridine rings is 1. The molecule has 36 heavy (non-hydrogen) atoms. The molecular formula is C23H23FN4O6S2. The van der Waals surface area contributed by atoms with E-state index in [0.29, 0.717) is 26.7 Å². The van der Waals surface area contributed by atoms with E-state index in [2.05, 4.69) is 14.7 Å². The average Bonchev–Trinajstić information content (AvgIpc) is 3.25. The molecule has 0 saturated carbocycles. The number of rotatable bonds is 8. The lowest BCUT2D eigenvalue weighted by atomic mass is 10.1. The summed E-state index contributed by atoms with van der Waals surface area (Å²) in [4.78, 5) is 8.06. The number of nitrogens with zero attached hydrogens (tertiary/aromatic N) is 3. The van der Waals surface area contributed by atoms with Gasteiger partial charge in [0.2, 0.25) is 0 Å². The van der Waals surface area contributed by atoms with E-state index in [0.717, 1.165) is 29.8 Å². The lowest BCUT2D eigenvalue weighted by Crippen LogP contribution is -2.29. The van der Waals surface area contributed by atoms with Gasteiger partial charge in [-0.3, -0.25) is 4.98 Å². The zero-order valence-electron chi connectivity index (χ0n) is 19.8. The van der Waals surface area contributed by atoms with Gasteiger partial charge in [-0.1, -0.05) is 0 Å². The van der Waals surface area contributed by atoms with E-state index in [9.17, 15) is 21.2 Å². The molecule has 0 amide bonds. The van der Waals surface area contributed by atoms with Gasteiger partial charge >= 0.3 is 0 Å². The molecule has 0 aliphatic rings. The van der Waals surface area contributed by atoms with E-state index in [1.807, 2.05) is 6.92 Å². The van der Waals surface area contributed by atoms with Crippen LogP contribution in [-0.4, -0.2) is 45.0 Å². The second-order valence-corrected chi connectivity index (χ2v) is 11.3. The second kappa shape index (κ2) is 9.48. The molecule has 2 heterocycles. The van der Waals surface area contributed by atoms with E-state index >= 15 is 0 Å². The number of methoxy groups -OCH3 is 2. The van der Waals surface area contributed by atoms with Crippen molar-refractivity contribution >= 4 is 31.1 Å². The molecule has 0 unspecified atom stereocenters. The van der Waals surface area contributed by atoms with Crippen LogP contribution in [0, 0.1) is 19.7 Å². The highest BCUT2D eigenvalue weighted by molar-refractivity contribution is 7.92. The fourth-order valence-corrected chi connectivity index (χ4v) is 6.65. The molecule has 10 nitrogen and oxygen atoms in total. The maximum absolute atomic E-state index is 13.6. The lowest BCUT2D eigenvalue weighted by molar-refractivity contribution is 0.406. The van der Waals surface area contributed by atoms with Gasteiger partial charge in [-0.15, -0.1) is 0 Å². The van der Waals surface area contributed by atoms with Crippen molar-refractivity contribution in [2.45, 2.75) is 30.4 Å². The maximum atomic E-state index is 13.6. The van der Waals surface area contributed by atoms with Gasteiger partial charge in [-0.25, -0.2) is 34.9 Å². The van der Waals surface area contributed by atoms with E-state index in [1.54, 1.807) is 13.1 Å². The molecule has 0 atom stereocenters. The number of aromatic nitrogens is 3. The van der Waals surface area contributed by atoms with Crippen LogP contribution in [0.15, 0.2) is 58.7 Å². The van der Waals surface area contributed by atoms with Crippen LogP contribution in [-0.2, 0) is 26.6 Å². The number of hydrogen-bond acceptors (Lipinski definition) is 8. The van der Waals surface area contributed by atoms with Gasteiger partial charge in [0.15, 0.2) is 0 Å². The smallest absolute Gasteiger partial charge is 0.275 e. The third-order valence-corrected chi connectivity index (χ3v) is 8.68. The molecule has 0 spiro atoms. The van der Waals surface area contributed by atoms with Crippen LogP contribution >= 0.6 is 0 Å². The fraction of sp³-hybridized carbons (Fsp3) is 0.217. The Morgan fingerprint density at radius 3 is 2.33 bits per heavy atom. The molecule has 0 saturated heterocycles. The van der Waals surface area contributed by atoms with Crippen LogP contribution in [0.25, 0.3) is 11.0 Å². The SMILES string of the molecule is COc1ccc2nc(S(=O)(=O)NCc3ncc(C)c(OC)c3C)n(S(=O)(=O)c3ccc(F)cc3)c2c1. The van der Waals surface area contributed by atoms with Crippen LogP contribution in [0.3, 0.4) is 0 Å². The first-order chi connectivity index (χ1) is 17.0. The van der Waals surface area contributed by atoms with Gasteiger partial charge in [-0.05, 0) is 50.2 Å². The zero-order chi connectivity index (χ0) is 26.3. The number of sulfonamides is 1. The Morgan fingerprint density at radius 2 is 1.69 bits per heavy atom. The van der Waals surface area contributed by atoms with Crippen LogP contribution in [0.4, 0.5) is 4.39 Å². The molecule has 0 fully saturated rings. The molecule has 4 rings (SSSR count). The second-order valence-electron chi connectivity index (χ2n) is 7.84. The first-order valence-corrected chi connectivity index (χ1v) is 13.5. The number of nitrogens with one attached hydrogen (secondary N) is 1. The monoisotopic (exact) mass is 534 g/mol. The summed E-state index contributed by atoms with van der Waals surface area (Å²) < 4.78 is 81.0. The van der Waals surface area contributed by atoms with E-state index in [-0.39, 0.29) is 22.5 Å². The van der Waals surface area contributed by atoms with Crippen molar-refractivity contribution in [2.24, 2.45) is 0 Å². The summed E-state index contributed by atoms with van der Waals surface area (Å²) >= 11 is 0. The Balaban J connectivity index is 1.85. The summed E-state index contributed by atoms with van der Waals surface area (Å²) in [6.45, 7) is 3.31. The molecule has 4 aromatic rings. The predicted octanol–water partition coefficient (Wildman–Crippen LogP) is 2.92. The first-order valence-electron chi connectivity index (χ1n) is 10.6. The Bertz CT molecular complexity index is 1670. The Kier molecular flexibility index (Phi) is 6.73. The molecule has 1 N–H and O–H groups in total. The first kappa shape index (κ1) is 25.5. The topological polar surface area (TPSA) is 129 Å². The van der Waals surface area contributed by atoms with Gasteiger partial charge in [0.1, 0.15) is 17.3 Å². The molecule has 0 bridgehead atoms. The number of fused-ring (bicyclic) bond motifs is 1. The summed E-state index contributed by atoms with van der Waals surface area (Å²) in [6, 6.07) is 8.37. The minimum Gasteiger partial charge on any atom is -0.497 e. The highest BCUT2D eigenvalue weighted by Crippen LogP contribution is 2.29. The minimum absolute atomic E-state index is 0.0228. The number of aryl methyl sites for hydroxylation is 1. The van der Waals surface area contributed by atoms with Gasteiger partial charge in [0, 0.05) is 23.4 Å². The molecule has 0 aliphatic carbocycles. The van der Waals surface area contributed by atoms with Crippen molar-refractivity contribution in [1.29, 1.82) is 0 Å². The standard InChI is InChI=1S/C23H23FN4O6S2/c1-14-12-25-20(15(2)22(14)34-4)13-26-35(29,30)23-27-19-10-7-17(33-3)11-21(19)28(23)36(31,32)18-8-5-16(24)6-9-18/h5-12,26H,13H2,1-4H3. The molecule has 13 heteroatoms. The van der Waals surface area contributed by atoms with Crippen molar-refractivity contribution < 1.29 is 30.7 Å². The zero-order valence-corrected chi connectivity index (χ0v) is 21.4. The highest BCUT2D eigenvalue weighted by Gasteiger charge is 2.32. The average molecular weight is 535 g/mol. The summed E-state index contributed by atoms with van der Waals surface area (Å²) in [5.41, 5.74) is 1.89. The lowest BCUT2D eigenvalue weighted by Gasteiger charge is -2.14. The Labute approximate surface area is 207 Å². The summed E-state index contributed by atoms with van der Waals surface area (Å²) in [6.07, 6.45) is 1.55. The van der Waals surface area contributed by atoms with E-state index in [4.69, 9.17) is 9.47 Å². The van der Waals surface area contributed by atoms with Gasteiger partial charge in [0.25, 0.3) is 25.2 Å². The highest BCUT2D eigenvalue weighted by atomic mass is 32.2. The summed E-state index contributed by atoms with van der Waals surface area (Å²) in [5.74, 6) is 0.218. The van der Waals surface area contributed by atoms with E-state index in [1.165, 1.54) is 32.4 Å². The van der Waals surface area contributed by atoms with Gasteiger partial charge in [-0.2, -0.15) is 0 Å². The van der Waals surface area contributed by atoms with Crippen LogP contribution in [0.5, 0.6) is 11.5 Å². The number of imidazole rings is 1. The number of hydrogen-bond donors (Lipinski definition) is 1. The summed E-state index contributed by atoms with van der Waals surface area (Å²) in [5, 5.41) is -0.758. The number of halogens is 1. The third-order valence-electron chi connectivity index (χ3n) is 5.56. The van der Waals surface area contributed by atoms with Crippen molar-refractivity contribution in [3.63, 3.8) is 0 Å². The van der Waals surface area contributed by atoms with Crippen LogP contribution in [0.1, 0.15) is 16.8 Å². The van der Waals surface area contributed by atoms with Gasteiger partial charge in [0.05, 0.1) is 42.4 Å². The Hall–Kier alpha value is -3.55. The molecular weight excluding hydrogens is 511 g/mol. The van der Waals surface area contributed by atoms with Crippen molar-refractivity contribution in [1.82, 2.24) is 18.7 Å². The van der Waals surface area contributed by atoms with Crippen molar-refractivity contribution in [2.75, 3.05) is 14.2 Å². The van der Waals surface area contributed by atoms with Crippen LogP contribution in [0.2, 0.25) is 0 Å². The number of benzene rings is 2.